The molecule has 1 aromatic heterocycles. The summed E-state index contributed by atoms with van der Waals surface area (Å²) >= 11 is 6.08. The largest absolute Gasteiger partial charge is 0.493 e. The zero-order valence-corrected chi connectivity index (χ0v) is 13.3. The van der Waals surface area contributed by atoms with Crippen LogP contribution in [0.2, 0.25) is 5.15 Å². The fourth-order valence-electron chi connectivity index (χ4n) is 2.27. The van der Waals surface area contributed by atoms with E-state index in [4.69, 9.17) is 26.8 Å². The van der Waals surface area contributed by atoms with Gasteiger partial charge in [0.05, 0.1) is 18.3 Å². The number of ether oxygens (including phenoxy) is 2. The number of methoxy groups -OCH3 is 1. The molecule has 2 N–H and O–H groups in total. The molecule has 0 aliphatic rings. The van der Waals surface area contributed by atoms with Crippen LogP contribution in [0, 0.1) is 12.7 Å². The monoisotopic (exact) mass is 332 g/mol. The van der Waals surface area contributed by atoms with Crippen LogP contribution >= 0.6 is 11.6 Å². The molecule has 0 saturated carbocycles. The number of anilines is 1. The average molecular weight is 333 g/mol. The van der Waals surface area contributed by atoms with Gasteiger partial charge in [0.25, 0.3) is 0 Å². The van der Waals surface area contributed by atoms with Gasteiger partial charge in [-0.15, -0.1) is 0 Å². The summed E-state index contributed by atoms with van der Waals surface area (Å²) in [6, 6.07) is 9.17. The van der Waals surface area contributed by atoms with Crippen molar-refractivity contribution in [3.05, 3.63) is 52.9 Å². The molecular weight excluding hydrogens is 319 g/mol. The van der Waals surface area contributed by atoms with Crippen LogP contribution in [0.4, 0.5) is 10.1 Å². The van der Waals surface area contributed by atoms with Gasteiger partial charge in [-0.05, 0) is 42.8 Å². The van der Waals surface area contributed by atoms with Crippen LogP contribution in [0.15, 0.2) is 36.4 Å². The van der Waals surface area contributed by atoms with Crippen LogP contribution < -0.4 is 15.2 Å². The summed E-state index contributed by atoms with van der Waals surface area (Å²) in [6.07, 6.45) is 0. The summed E-state index contributed by atoms with van der Waals surface area (Å²) in [5, 5.41) is 1.05. The molecule has 0 aliphatic heterocycles. The van der Waals surface area contributed by atoms with Gasteiger partial charge in [-0.25, -0.2) is 9.37 Å². The minimum atomic E-state index is -0.337. The van der Waals surface area contributed by atoms with E-state index in [9.17, 15) is 4.39 Å². The Labute approximate surface area is 137 Å². The average Bonchev–Trinajstić information content (AvgIpc) is 2.53. The van der Waals surface area contributed by atoms with E-state index in [1.54, 1.807) is 6.07 Å². The lowest BCUT2D eigenvalue weighted by atomic mass is 10.1. The Morgan fingerprint density at radius 3 is 2.52 bits per heavy atom. The Kier molecular flexibility index (Phi) is 3.96. The lowest BCUT2D eigenvalue weighted by molar-refractivity contribution is 0.381. The molecule has 0 aliphatic carbocycles. The summed E-state index contributed by atoms with van der Waals surface area (Å²) in [5.74, 6) is 1.05. The Hall–Kier alpha value is -2.53. The van der Waals surface area contributed by atoms with Gasteiger partial charge in [0, 0.05) is 11.5 Å². The fraction of sp³-hybridized carbons (Fsp3) is 0.118. The van der Waals surface area contributed by atoms with E-state index in [-0.39, 0.29) is 5.82 Å². The summed E-state index contributed by atoms with van der Waals surface area (Å²) in [7, 11) is 1.52. The smallest absolute Gasteiger partial charge is 0.178 e. The van der Waals surface area contributed by atoms with Crippen LogP contribution in [0.25, 0.3) is 10.9 Å². The van der Waals surface area contributed by atoms with Crippen molar-refractivity contribution in [1.29, 1.82) is 0 Å². The second-order valence-corrected chi connectivity index (χ2v) is 5.40. The number of hydrogen-bond acceptors (Lipinski definition) is 4. The molecule has 1 heterocycles. The molecule has 6 heteroatoms. The molecule has 0 unspecified atom stereocenters. The molecule has 23 heavy (non-hydrogen) atoms. The maximum absolute atomic E-state index is 13.1. The Morgan fingerprint density at radius 2 is 1.87 bits per heavy atom. The van der Waals surface area contributed by atoms with Gasteiger partial charge < -0.3 is 15.2 Å². The Balaban J connectivity index is 2.22. The normalized spacial score (nSPS) is 10.8. The SMILES string of the molecule is COc1cc(N)c2nc(Cl)c(C)cc2c1Oc1ccc(F)cc1. The number of rotatable bonds is 3. The van der Waals surface area contributed by atoms with E-state index in [1.807, 2.05) is 13.0 Å². The van der Waals surface area contributed by atoms with Crippen LogP contribution in [-0.4, -0.2) is 12.1 Å². The summed E-state index contributed by atoms with van der Waals surface area (Å²) in [5.41, 5.74) is 7.78. The van der Waals surface area contributed by atoms with Crippen molar-refractivity contribution < 1.29 is 13.9 Å². The van der Waals surface area contributed by atoms with E-state index >= 15 is 0 Å². The van der Waals surface area contributed by atoms with Gasteiger partial charge in [-0.1, -0.05) is 11.6 Å². The predicted molar refractivity (Wildman–Crippen MR) is 88.9 cm³/mol. The third-order valence-corrected chi connectivity index (χ3v) is 3.82. The maximum Gasteiger partial charge on any atom is 0.178 e. The Morgan fingerprint density at radius 1 is 1.17 bits per heavy atom. The van der Waals surface area contributed by atoms with Crippen LogP contribution in [0.3, 0.4) is 0 Å². The quantitative estimate of drug-likeness (QED) is 0.557. The first-order chi connectivity index (χ1) is 11.0. The predicted octanol–water partition coefficient (Wildman–Crippen LogP) is 4.72. The van der Waals surface area contributed by atoms with Crippen LogP contribution in [0.1, 0.15) is 5.56 Å². The van der Waals surface area contributed by atoms with Crippen molar-refractivity contribution >= 4 is 28.2 Å². The van der Waals surface area contributed by atoms with E-state index in [0.717, 1.165) is 5.56 Å². The van der Waals surface area contributed by atoms with Gasteiger partial charge >= 0.3 is 0 Å². The second-order valence-electron chi connectivity index (χ2n) is 5.05. The molecule has 4 nitrogen and oxygen atoms in total. The molecule has 0 fully saturated rings. The van der Waals surface area contributed by atoms with Gasteiger partial charge in [-0.3, -0.25) is 0 Å². The van der Waals surface area contributed by atoms with E-state index in [2.05, 4.69) is 4.98 Å². The summed E-state index contributed by atoms with van der Waals surface area (Å²) in [4.78, 5) is 4.31. The molecule has 0 saturated heterocycles. The number of aryl methyl sites for hydroxylation is 1. The first-order valence-corrected chi connectivity index (χ1v) is 7.24. The van der Waals surface area contributed by atoms with E-state index < -0.39 is 0 Å². The third kappa shape index (κ3) is 2.87. The molecule has 0 amide bonds. The highest BCUT2D eigenvalue weighted by Crippen LogP contribution is 2.42. The van der Waals surface area contributed by atoms with Crippen molar-refractivity contribution in [2.75, 3.05) is 12.8 Å². The van der Waals surface area contributed by atoms with Gasteiger partial charge in [0.2, 0.25) is 0 Å². The fourth-order valence-corrected chi connectivity index (χ4v) is 2.41. The Bertz CT molecular complexity index is 882. The molecular formula is C17H14ClFN2O2. The van der Waals surface area contributed by atoms with Crippen molar-refractivity contribution in [3.63, 3.8) is 0 Å². The lowest BCUT2D eigenvalue weighted by Crippen LogP contribution is -1.98. The van der Waals surface area contributed by atoms with Crippen molar-refractivity contribution in [2.45, 2.75) is 6.92 Å². The number of halogens is 2. The topological polar surface area (TPSA) is 57.4 Å². The molecule has 3 rings (SSSR count). The number of nitrogen functional groups attached to an aromatic ring is 1. The molecule has 0 spiro atoms. The number of nitrogens with zero attached hydrogens (tertiary/aromatic N) is 1. The van der Waals surface area contributed by atoms with Crippen molar-refractivity contribution in [3.8, 4) is 17.2 Å². The van der Waals surface area contributed by atoms with E-state index in [1.165, 1.54) is 31.4 Å². The van der Waals surface area contributed by atoms with Crippen LogP contribution in [0.5, 0.6) is 17.2 Å². The molecule has 2 aromatic carbocycles. The van der Waals surface area contributed by atoms with Crippen molar-refractivity contribution in [2.24, 2.45) is 0 Å². The third-order valence-electron chi connectivity index (χ3n) is 3.43. The zero-order chi connectivity index (χ0) is 16.6. The number of pyridine rings is 1. The number of hydrogen-bond donors (Lipinski definition) is 1. The minimum absolute atomic E-state index is 0.337. The van der Waals surface area contributed by atoms with Gasteiger partial charge in [-0.2, -0.15) is 0 Å². The molecule has 0 radical (unpaired) electrons. The highest BCUT2D eigenvalue weighted by atomic mass is 35.5. The van der Waals surface area contributed by atoms with Gasteiger partial charge in [0.1, 0.15) is 16.7 Å². The molecule has 0 atom stereocenters. The molecule has 0 bridgehead atoms. The minimum Gasteiger partial charge on any atom is -0.493 e. The standard InChI is InChI=1S/C17H14ClFN2O2/c1-9-7-12-15(21-17(9)18)13(20)8-14(22-2)16(12)23-11-5-3-10(19)4-6-11/h3-8H,20H2,1-2H3. The number of nitrogens with two attached hydrogens (primary N) is 1. The zero-order valence-electron chi connectivity index (χ0n) is 12.6. The molecule has 118 valence electrons. The summed E-state index contributed by atoms with van der Waals surface area (Å²) < 4.78 is 24.3. The van der Waals surface area contributed by atoms with E-state index in [0.29, 0.717) is 39.0 Å². The number of fused-ring (bicyclic) bond motifs is 1. The maximum atomic E-state index is 13.1. The highest BCUT2D eigenvalue weighted by molar-refractivity contribution is 6.30. The number of benzene rings is 2. The highest BCUT2D eigenvalue weighted by Gasteiger charge is 2.16. The van der Waals surface area contributed by atoms with Crippen LogP contribution in [-0.2, 0) is 0 Å². The first kappa shape index (κ1) is 15.4. The van der Waals surface area contributed by atoms with Gasteiger partial charge in [0.15, 0.2) is 11.5 Å². The molecule has 3 aromatic rings. The summed E-state index contributed by atoms with van der Waals surface area (Å²) in [6.45, 7) is 1.84. The lowest BCUT2D eigenvalue weighted by Gasteiger charge is -2.15. The first-order valence-electron chi connectivity index (χ1n) is 6.86. The second kappa shape index (κ2) is 5.93. The van der Waals surface area contributed by atoms with Crippen molar-refractivity contribution in [1.82, 2.24) is 4.98 Å². The number of aromatic nitrogens is 1.